The van der Waals surface area contributed by atoms with Gasteiger partial charge in [0, 0.05) is 30.6 Å². The smallest absolute Gasteiger partial charge is 0.253 e. The molecule has 3 N–H and O–H groups in total. The van der Waals surface area contributed by atoms with Crippen LogP contribution in [-0.4, -0.2) is 41.1 Å². The van der Waals surface area contributed by atoms with Crippen molar-refractivity contribution in [3.63, 3.8) is 0 Å². The quantitative estimate of drug-likeness (QED) is 0.861. The lowest BCUT2D eigenvalue weighted by Crippen LogP contribution is -2.51. The van der Waals surface area contributed by atoms with Crippen LogP contribution >= 0.6 is 0 Å². The van der Waals surface area contributed by atoms with Gasteiger partial charge in [0.1, 0.15) is 0 Å². The van der Waals surface area contributed by atoms with Crippen LogP contribution in [0.1, 0.15) is 30.1 Å². The van der Waals surface area contributed by atoms with Crippen molar-refractivity contribution in [1.29, 1.82) is 0 Å². The van der Waals surface area contributed by atoms with E-state index >= 15 is 0 Å². The zero-order valence-corrected chi connectivity index (χ0v) is 11.3. The van der Waals surface area contributed by atoms with Crippen LogP contribution < -0.4 is 5.73 Å². The average molecular weight is 262 g/mol. The van der Waals surface area contributed by atoms with Gasteiger partial charge in [-0.05, 0) is 25.0 Å². The molecule has 3 atom stereocenters. The van der Waals surface area contributed by atoms with E-state index in [0.717, 1.165) is 6.42 Å². The summed E-state index contributed by atoms with van der Waals surface area (Å²) >= 11 is 0. The molecule has 1 aliphatic heterocycles. The normalized spacial score (nSPS) is 25.1. The predicted molar refractivity (Wildman–Crippen MR) is 74.7 cm³/mol. The Labute approximate surface area is 114 Å². The Balaban J connectivity index is 2.09. The van der Waals surface area contributed by atoms with Crippen LogP contribution in [0.5, 0.6) is 0 Å². The molecule has 1 aromatic rings. The monoisotopic (exact) mass is 262 g/mol. The van der Waals surface area contributed by atoms with Crippen molar-refractivity contribution < 1.29 is 9.90 Å². The van der Waals surface area contributed by atoms with Gasteiger partial charge in [0.25, 0.3) is 5.91 Å². The number of hydrogen-bond acceptors (Lipinski definition) is 3. The number of benzene rings is 1. The third kappa shape index (κ3) is 3.33. The van der Waals surface area contributed by atoms with E-state index in [-0.39, 0.29) is 24.0 Å². The third-order valence-corrected chi connectivity index (χ3v) is 3.79. The number of likely N-dealkylation sites (tertiary alicyclic amines) is 1. The molecule has 2 rings (SSSR count). The fourth-order valence-corrected chi connectivity index (χ4v) is 2.72. The van der Waals surface area contributed by atoms with Crippen LogP contribution in [-0.2, 0) is 0 Å². The summed E-state index contributed by atoms with van der Waals surface area (Å²) in [6.07, 6.45) is 1.11. The number of amides is 1. The molecule has 0 bridgehead atoms. The van der Waals surface area contributed by atoms with E-state index in [0.29, 0.717) is 25.1 Å². The number of carbonyl (C=O) groups excluding carboxylic acids is 1. The van der Waals surface area contributed by atoms with Gasteiger partial charge < -0.3 is 15.7 Å². The van der Waals surface area contributed by atoms with Gasteiger partial charge in [0.15, 0.2) is 0 Å². The Kier molecular flexibility index (Phi) is 4.56. The molecule has 1 fully saturated rings. The third-order valence-electron chi connectivity index (χ3n) is 3.79. The average Bonchev–Trinajstić information content (AvgIpc) is 2.45. The van der Waals surface area contributed by atoms with E-state index in [9.17, 15) is 9.90 Å². The maximum Gasteiger partial charge on any atom is 0.253 e. The molecule has 0 spiro atoms. The summed E-state index contributed by atoms with van der Waals surface area (Å²) in [6.45, 7) is 3.12. The summed E-state index contributed by atoms with van der Waals surface area (Å²) in [5.41, 5.74) is 6.70. The van der Waals surface area contributed by atoms with Crippen LogP contribution in [0.4, 0.5) is 0 Å². The van der Waals surface area contributed by atoms with E-state index in [1.54, 1.807) is 4.90 Å². The second-order valence-corrected chi connectivity index (χ2v) is 5.31. The summed E-state index contributed by atoms with van der Waals surface area (Å²) in [5, 5.41) is 9.98. The summed E-state index contributed by atoms with van der Waals surface area (Å²) in [7, 11) is 0. The van der Waals surface area contributed by atoms with Gasteiger partial charge in [-0.2, -0.15) is 0 Å². The van der Waals surface area contributed by atoms with Gasteiger partial charge in [0.2, 0.25) is 0 Å². The molecule has 1 heterocycles. The second-order valence-electron chi connectivity index (χ2n) is 5.31. The lowest BCUT2D eigenvalue weighted by atomic mass is 9.88. The summed E-state index contributed by atoms with van der Waals surface area (Å²) in [6, 6.07) is 9.18. The van der Waals surface area contributed by atoms with Crippen LogP contribution in [0.3, 0.4) is 0 Å². The number of nitrogens with zero attached hydrogens (tertiary/aromatic N) is 1. The van der Waals surface area contributed by atoms with Crippen molar-refractivity contribution in [2.24, 2.45) is 11.7 Å². The molecule has 0 aliphatic carbocycles. The molecule has 4 heteroatoms. The van der Waals surface area contributed by atoms with E-state index in [2.05, 4.69) is 0 Å². The Morgan fingerprint density at radius 1 is 1.42 bits per heavy atom. The second kappa shape index (κ2) is 6.17. The Bertz CT molecular complexity index is 421. The molecular formula is C15H22N2O2. The van der Waals surface area contributed by atoms with Crippen molar-refractivity contribution >= 4 is 5.91 Å². The van der Waals surface area contributed by atoms with Crippen molar-refractivity contribution in [2.75, 3.05) is 13.1 Å². The fourth-order valence-electron chi connectivity index (χ4n) is 2.72. The number of aliphatic hydroxyl groups is 1. The standard InChI is InChI=1S/C15H22N2O2/c1-2-14(18)12-8-13(16)10-17(9-12)15(19)11-6-4-3-5-7-11/h3-7,12-14,18H,2,8-10,16H2,1H3. The number of rotatable bonds is 3. The molecule has 104 valence electrons. The van der Waals surface area contributed by atoms with Crippen molar-refractivity contribution in [2.45, 2.75) is 31.9 Å². The minimum absolute atomic E-state index is 0.00375. The fraction of sp³-hybridized carbons (Fsp3) is 0.533. The minimum Gasteiger partial charge on any atom is -0.393 e. The zero-order chi connectivity index (χ0) is 13.8. The van der Waals surface area contributed by atoms with Gasteiger partial charge >= 0.3 is 0 Å². The number of nitrogens with two attached hydrogens (primary N) is 1. The van der Waals surface area contributed by atoms with Crippen LogP contribution in [0.2, 0.25) is 0 Å². The summed E-state index contributed by atoms with van der Waals surface area (Å²) in [4.78, 5) is 14.2. The number of hydrogen-bond donors (Lipinski definition) is 2. The molecule has 0 aromatic heterocycles. The lowest BCUT2D eigenvalue weighted by molar-refractivity contribution is 0.0344. The van der Waals surface area contributed by atoms with Crippen molar-refractivity contribution in [1.82, 2.24) is 4.90 Å². The molecule has 1 amide bonds. The molecule has 1 saturated heterocycles. The molecule has 3 unspecified atom stereocenters. The van der Waals surface area contributed by atoms with Crippen LogP contribution in [0.25, 0.3) is 0 Å². The van der Waals surface area contributed by atoms with E-state index in [1.165, 1.54) is 0 Å². The van der Waals surface area contributed by atoms with E-state index in [1.807, 2.05) is 37.3 Å². The van der Waals surface area contributed by atoms with Gasteiger partial charge in [-0.15, -0.1) is 0 Å². The molecule has 1 aromatic carbocycles. The van der Waals surface area contributed by atoms with Crippen molar-refractivity contribution in [3.05, 3.63) is 35.9 Å². The van der Waals surface area contributed by atoms with Crippen LogP contribution in [0, 0.1) is 5.92 Å². The van der Waals surface area contributed by atoms with Crippen molar-refractivity contribution in [3.8, 4) is 0 Å². The first-order valence-corrected chi connectivity index (χ1v) is 6.89. The highest BCUT2D eigenvalue weighted by atomic mass is 16.3. The largest absolute Gasteiger partial charge is 0.393 e. The molecule has 4 nitrogen and oxygen atoms in total. The van der Waals surface area contributed by atoms with Gasteiger partial charge in [-0.1, -0.05) is 25.1 Å². The molecule has 0 saturated carbocycles. The summed E-state index contributed by atoms with van der Waals surface area (Å²) in [5.74, 6) is 0.0884. The van der Waals surface area contributed by atoms with Gasteiger partial charge in [-0.25, -0.2) is 0 Å². The zero-order valence-electron chi connectivity index (χ0n) is 11.3. The number of carbonyl (C=O) groups is 1. The Morgan fingerprint density at radius 3 is 2.74 bits per heavy atom. The van der Waals surface area contributed by atoms with E-state index in [4.69, 9.17) is 5.73 Å². The topological polar surface area (TPSA) is 66.6 Å². The SMILES string of the molecule is CCC(O)C1CC(N)CN(C(=O)c2ccccc2)C1. The highest BCUT2D eigenvalue weighted by molar-refractivity contribution is 5.94. The maximum absolute atomic E-state index is 12.4. The van der Waals surface area contributed by atoms with Crippen LogP contribution in [0.15, 0.2) is 30.3 Å². The lowest BCUT2D eigenvalue weighted by Gasteiger charge is -2.38. The molecule has 0 radical (unpaired) electrons. The first kappa shape index (κ1) is 14.0. The molecular weight excluding hydrogens is 240 g/mol. The Morgan fingerprint density at radius 2 is 2.11 bits per heavy atom. The summed E-state index contributed by atoms with van der Waals surface area (Å²) < 4.78 is 0. The maximum atomic E-state index is 12.4. The van der Waals surface area contributed by atoms with E-state index < -0.39 is 0 Å². The first-order chi connectivity index (χ1) is 9.11. The molecule has 1 aliphatic rings. The minimum atomic E-state index is -0.377. The van der Waals surface area contributed by atoms with Gasteiger partial charge in [0.05, 0.1) is 6.10 Å². The highest BCUT2D eigenvalue weighted by Gasteiger charge is 2.31. The first-order valence-electron chi connectivity index (χ1n) is 6.89. The highest BCUT2D eigenvalue weighted by Crippen LogP contribution is 2.22. The predicted octanol–water partition coefficient (Wildman–Crippen LogP) is 1.25. The van der Waals surface area contributed by atoms with Gasteiger partial charge in [-0.3, -0.25) is 4.79 Å². The Hall–Kier alpha value is -1.39. The number of aliphatic hydroxyl groups excluding tert-OH is 1. The molecule has 19 heavy (non-hydrogen) atoms. The number of piperidine rings is 1.